The van der Waals surface area contributed by atoms with Crippen LogP contribution < -0.4 is 5.32 Å². The second-order valence-corrected chi connectivity index (χ2v) is 8.64. The van der Waals surface area contributed by atoms with Crippen molar-refractivity contribution in [2.24, 2.45) is 11.3 Å². The molecule has 0 aromatic carbocycles. The summed E-state index contributed by atoms with van der Waals surface area (Å²) < 4.78 is 0. The van der Waals surface area contributed by atoms with Crippen molar-refractivity contribution in [3.63, 3.8) is 0 Å². The summed E-state index contributed by atoms with van der Waals surface area (Å²) >= 11 is 1.97. The second kappa shape index (κ2) is 5.81. The minimum Gasteiger partial charge on any atom is -0.316 e. The molecular formula is C18H29NS. The zero-order chi connectivity index (χ0) is 14.1. The first kappa shape index (κ1) is 14.6. The van der Waals surface area contributed by atoms with Gasteiger partial charge >= 0.3 is 0 Å². The smallest absolute Gasteiger partial charge is 0.0182 e. The van der Waals surface area contributed by atoms with Gasteiger partial charge in [-0.25, -0.2) is 0 Å². The highest BCUT2D eigenvalue weighted by atomic mass is 32.1. The average Bonchev–Trinajstić information content (AvgIpc) is 2.91. The van der Waals surface area contributed by atoms with E-state index in [1.807, 2.05) is 11.3 Å². The molecule has 0 radical (unpaired) electrons. The normalized spacial score (nSPS) is 23.9. The Labute approximate surface area is 128 Å². The van der Waals surface area contributed by atoms with Gasteiger partial charge < -0.3 is 5.32 Å². The largest absolute Gasteiger partial charge is 0.316 e. The third kappa shape index (κ3) is 2.82. The summed E-state index contributed by atoms with van der Waals surface area (Å²) in [6.07, 6.45) is 10.3. The zero-order valence-corrected chi connectivity index (χ0v) is 13.9. The van der Waals surface area contributed by atoms with Gasteiger partial charge in [0.1, 0.15) is 0 Å². The van der Waals surface area contributed by atoms with E-state index in [1.165, 1.54) is 51.5 Å². The maximum Gasteiger partial charge on any atom is 0.0182 e. The number of thiophene rings is 1. The first-order chi connectivity index (χ1) is 9.64. The Bertz CT molecular complexity index is 407. The van der Waals surface area contributed by atoms with Crippen LogP contribution in [0.15, 0.2) is 17.5 Å². The molecule has 20 heavy (non-hydrogen) atoms. The fraction of sp³-hybridized carbons (Fsp3) is 0.778. The number of rotatable bonds is 5. The molecule has 2 saturated carbocycles. The maximum absolute atomic E-state index is 3.74. The van der Waals surface area contributed by atoms with Gasteiger partial charge in [0.2, 0.25) is 0 Å². The fourth-order valence-electron chi connectivity index (χ4n) is 4.61. The van der Waals surface area contributed by atoms with Crippen LogP contribution in [-0.2, 0) is 5.41 Å². The van der Waals surface area contributed by atoms with Crippen molar-refractivity contribution >= 4 is 11.3 Å². The van der Waals surface area contributed by atoms with Crippen molar-refractivity contribution in [1.82, 2.24) is 5.32 Å². The predicted molar refractivity (Wildman–Crippen MR) is 88.5 cm³/mol. The summed E-state index contributed by atoms with van der Waals surface area (Å²) in [6, 6.07) is 4.60. The molecule has 0 aliphatic heterocycles. The Morgan fingerprint density at radius 3 is 2.55 bits per heavy atom. The highest BCUT2D eigenvalue weighted by Crippen LogP contribution is 2.62. The lowest BCUT2D eigenvalue weighted by Crippen LogP contribution is -2.55. The lowest BCUT2D eigenvalue weighted by atomic mass is 9.48. The predicted octanol–water partition coefficient (Wildman–Crippen LogP) is 4.98. The topological polar surface area (TPSA) is 12.0 Å². The van der Waals surface area contributed by atoms with Crippen LogP contribution in [0.25, 0.3) is 0 Å². The molecule has 2 aliphatic carbocycles. The lowest BCUT2D eigenvalue weighted by Gasteiger charge is -2.58. The molecular weight excluding hydrogens is 262 g/mol. The SMILES string of the molecule is CC(C)CNCC1(c2cccs2)CC2(CCCCC2)C1. The Kier molecular flexibility index (Phi) is 4.24. The first-order valence-electron chi connectivity index (χ1n) is 8.39. The molecule has 0 saturated heterocycles. The monoisotopic (exact) mass is 291 g/mol. The van der Waals surface area contributed by atoms with Crippen molar-refractivity contribution in [2.45, 2.75) is 64.2 Å². The fourth-order valence-corrected chi connectivity index (χ4v) is 5.53. The maximum atomic E-state index is 3.74. The summed E-state index contributed by atoms with van der Waals surface area (Å²) in [5, 5.41) is 6.00. The third-order valence-electron chi connectivity index (χ3n) is 5.40. The Balaban J connectivity index is 1.67. The van der Waals surface area contributed by atoms with E-state index in [0.717, 1.165) is 12.5 Å². The van der Waals surface area contributed by atoms with E-state index in [1.54, 1.807) is 4.88 Å². The number of nitrogens with one attached hydrogen (secondary N) is 1. The van der Waals surface area contributed by atoms with Gasteiger partial charge in [-0.3, -0.25) is 0 Å². The Morgan fingerprint density at radius 1 is 1.20 bits per heavy atom. The van der Waals surface area contributed by atoms with Gasteiger partial charge in [-0.2, -0.15) is 0 Å². The van der Waals surface area contributed by atoms with Crippen molar-refractivity contribution in [3.05, 3.63) is 22.4 Å². The third-order valence-corrected chi connectivity index (χ3v) is 6.52. The molecule has 0 amide bonds. The van der Waals surface area contributed by atoms with Crippen molar-refractivity contribution < 1.29 is 0 Å². The van der Waals surface area contributed by atoms with Crippen LogP contribution in [-0.4, -0.2) is 13.1 Å². The van der Waals surface area contributed by atoms with E-state index in [2.05, 4.69) is 36.7 Å². The number of hydrogen-bond acceptors (Lipinski definition) is 2. The van der Waals surface area contributed by atoms with E-state index in [9.17, 15) is 0 Å². The van der Waals surface area contributed by atoms with Crippen LogP contribution in [0.3, 0.4) is 0 Å². The van der Waals surface area contributed by atoms with Gasteiger partial charge in [0.15, 0.2) is 0 Å². The minimum absolute atomic E-state index is 0.459. The van der Waals surface area contributed by atoms with Gasteiger partial charge in [0, 0.05) is 16.8 Å². The van der Waals surface area contributed by atoms with Gasteiger partial charge in [0.05, 0.1) is 0 Å². The quantitative estimate of drug-likeness (QED) is 0.807. The van der Waals surface area contributed by atoms with E-state index in [0.29, 0.717) is 10.8 Å². The van der Waals surface area contributed by atoms with Crippen LogP contribution in [0.1, 0.15) is 63.7 Å². The van der Waals surface area contributed by atoms with E-state index >= 15 is 0 Å². The van der Waals surface area contributed by atoms with Gasteiger partial charge in [-0.05, 0) is 55.0 Å². The summed E-state index contributed by atoms with van der Waals surface area (Å²) in [5.41, 5.74) is 1.17. The highest BCUT2D eigenvalue weighted by molar-refractivity contribution is 7.10. The first-order valence-corrected chi connectivity index (χ1v) is 9.27. The van der Waals surface area contributed by atoms with E-state index in [-0.39, 0.29) is 0 Å². The van der Waals surface area contributed by atoms with Crippen LogP contribution in [0.2, 0.25) is 0 Å². The average molecular weight is 292 g/mol. The van der Waals surface area contributed by atoms with Crippen molar-refractivity contribution in [2.75, 3.05) is 13.1 Å². The summed E-state index contributed by atoms with van der Waals surface area (Å²) in [7, 11) is 0. The molecule has 0 atom stereocenters. The molecule has 1 N–H and O–H groups in total. The van der Waals surface area contributed by atoms with Gasteiger partial charge in [-0.1, -0.05) is 39.2 Å². The Morgan fingerprint density at radius 2 is 1.95 bits per heavy atom. The second-order valence-electron chi connectivity index (χ2n) is 7.70. The van der Waals surface area contributed by atoms with E-state index in [4.69, 9.17) is 0 Å². The molecule has 2 aliphatic rings. The van der Waals surface area contributed by atoms with E-state index < -0.39 is 0 Å². The summed E-state index contributed by atoms with van der Waals surface area (Å²) in [6.45, 7) is 6.94. The van der Waals surface area contributed by atoms with Crippen LogP contribution in [0.4, 0.5) is 0 Å². The standard InChI is InChI=1S/C18H29NS/c1-15(2)11-19-14-18(16-7-6-10-20-16)12-17(13-18)8-4-3-5-9-17/h6-7,10,15,19H,3-5,8-9,11-14H2,1-2H3. The van der Waals surface area contributed by atoms with Crippen molar-refractivity contribution in [1.29, 1.82) is 0 Å². The molecule has 3 rings (SSSR count). The lowest BCUT2D eigenvalue weighted by molar-refractivity contribution is -0.0110. The summed E-state index contributed by atoms with van der Waals surface area (Å²) in [5.74, 6) is 0.749. The molecule has 112 valence electrons. The van der Waals surface area contributed by atoms with Crippen molar-refractivity contribution in [3.8, 4) is 0 Å². The molecule has 1 aromatic rings. The Hall–Kier alpha value is -0.340. The van der Waals surface area contributed by atoms with Crippen LogP contribution in [0, 0.1) is 11.3 Å². The minimum atomic E-state index is 0.459. The van der Waals surface area contributed by atoms with Gasteiger partial charge in [0.25, 0.3) is 0 Å². The molecule has 0 bridgehead atoms. The highest BCUT2D eigenvalue weighted by Gasteiger charge is 2.55. The van der Waals surface area contributed by atoms with Crippen LogP contribution in [0.5, 0.6) is 0 Å². The molecule has 2 heteroatoms. The molecule has 1 aromatic heterocycles. The molecule has 0 unspecified atom stereocenters. The molecule has 1 spiro atoms. The van der Waals surface area contributed by atoms with Crippen LogP contribution >= 0.6 is 11.3 Å². The zero-order valence-electron chi connectivity index (χ0n) is 13.1. The van der Waals surface area contributed by atoms with Gasteiger partial charge in [-0.15, -0.1) is 11.3 Å². The summed E-state index contributed by atoms with van der Waals surface area (Å²) in [4.78, 5) is 1.63. The number of hydrogen-bond donors (Lipinski definition) is 1. The molecule has 2 fully saturated rings. The molecule has 1 heterocycles. The molecule has 1 nitrogen and oxygen atoms in total.